The average Bonchev–Trinajstić information content (AvgIpc) is 3.23. The van der Waals surface area contributed by atoms with Gasteiger partial charge in [0.1, 0.15) is 0 Å². The molecule has 1 aliphatic heterocycles. The van der Waals surface area contributed by atoms with Gasteiger partial charge in [-0.05, 0) is 42.2 Å². The maximum atomic E-state index is 12.7. The van der Waals surface area contributed by atoms with E-state index >= 15 is 0 Å². The zero-order valence-electron chi connectivity index (χ0n) is 15.5. The summed E-state index contributed by atoms with van der Waals surface area (Å²) in [5, 5.41) is 2.65. The summed E-state index contributed by atoms with van der Waals surface area (Å²) < 4.78 is 48.7. The molecule has 0 spiro atoms. The molecule has 2 aromatic rings. The lowest BCUT2D eigenvalue weighted by Gasteiger charge is -2.13. The summed E-state index contributed by atoms with van der Waals surface area (Å²) in [6, 6.07) is 10.9. The minimum absolute atomic E-state index is 0.0185. The molecular formula is C21H20F3NO4. The van der Waals surface area contributed by atoms with E-state index in [4.69, 9.17) is 9.47 Å². The number of carbonyl (C=O) groups is 2. The lowest BCUT2D eigenvalue weighted by atomic mass is 9.98. The van der Waals surface area contributed by atoms with E-state index in [9.17, 15) is 22.8 Å². The van der Waals surface area contributed by atoms with Gasteiger partial charge in [0.25, 0.3) is 5.91 Å². The van der Waals surface area contributed by atoms with E-state index in [2.05, 4.69) is 5.32 Å². The molecule has 5 nitrogen and oxygen atoms in total. The van der Waals surface area contributed by atoms with Gasteiger partial charge in [-0.15, -0.1) is 0 Å². The number of rotatable bonds is 6. The minimum atomic E-state index is -4.44. The number of alkyl halides is 3. The van der Waals surface area contributed by atoms with E-state index in [1.165, 1.54) is 18.2 Å². The molecule has 3 rings (SSSR count). The highest BCUT2D eigenvalue weighted by Gasteiger charge is 2.30. The number of hydrogen-bond donors (Lipinski definition) is 1. The molecule has 1 amide bonds. The van der Waals surface area contributed by atoms with Crippen LogP contribution in [0.3, 0.4) is 0 Å². The summed E-state index contributed by atoms with van der Waals surface area (Å²) in [4.78, 5) is 24.3. The topological polar surface area (TPSA) is 64.6 Å². The van der Waals surface area contributed by atoms with Crippen LogP contribution >= 0.6 is 0 Å². The third-order valence-corrected chi connectivity index (χ3v) is 4.56. The molecule has 1 aliphatic rings. The van der Waals surface area contributed by atoms with Crippen LogP contribution in [0.2, 0.25) is 0 Å². The summed E-state index contributed by atoms with van der Waals surface area (Å²) >= 11 is 0. The lowest BCUT2D eigenvalue weighted by Crippen LogP contribution is -2.34. The fourth-order valence-electron chi connectivity index (χ4n) is 3.04. The third kappa shape index (κ3) is 5.57. The zero-order valence-corrected chi connectivity index (χ0v) is 15.5. The van der Waals surface area contributed by atoms with Crippen LogP contribution in [0.25, 0.3) is 11.1 Å². The van der Waals surface area contributed by atoms with Crippen LogP contribution in [0, 0.1) is 0 Å². The predicted molar refractivity (Wildman–Crippen MR) is 99.1 cm³/mol. The maximum Gasteiger partial charge on any atom is 0.416 e. The van der Waals surface area contributed by atoms with Crippen LogP contribution in [-0.2, 0) is 20.4 Å². The predicted octanol–water partition coefficient (Wildman–Crippen LogP) is 3.82. The van der Waals surface area contributed by atoms with E-state index < -0.39 is 30.2 Å². The van der Waals surface area contributed by atoms with Gasteiger partial charge in [0.05, 0.1) is 17.2 Å². The first kappa shape index (κ1) is 20.9. The first-order chi connectivity index (χ1) is 13.8. The molecule has 0 aliphatic carbocycles. The standard InChI is InChI=1S/C21H20F3NO4/c22-21(23,24)15-9-7-14(8-10-15)17-5-1-2-6-18(17)20(27)29-13-19(26)25-12-16-4-3-11-28-16/h1-2,5-10,16H,3-4,11-13H2,(H,25,26). The van der Waals surface area contributed by atoms with Crippen LogP contribution in [0.4, 0.5) is 13.2 Å². The molecule has 2 aromatic carbocycles. The van der Waals surface area contributed by atoms with Crippen molar-refractivity contribution in [3.8, 4) is 11.1 Å². The van der Waals surface area contributed by atoms with Crippen molar-refractivity contribution in [2.24, 2.45) is 0 Å². The first-order valence-electron chi connectivity index (χ1n) is 9.16. The molecule has 0 aromatic heterocycles. The summed E-state index contributed by atoms with van der Waals surface area (Å²) in [6.45, 7) is 0.585. The highest BCUT2D eigenvalue weighted by molar-refractivity contribution is 5.98. The van der Waals surface area contributed by atoms with Gasteiger partial charge in [-0.25, -0.2) is 4.79 Å². The number of esters is 1. The van der Waals surface area contributed by atoms with Crippen LogP contribution in [0.1, 0.15) is 28.8 Å². The van der Waals surface area contributed by atoms with Crippen molar-refractivity contribution in [1.82, 2.24) is 5.32 Å². The Morgan fingerprint density at radius 1 is 1.10 bits per heavy atom. The van der Waals surface area contributed by atoms with Crippen LogP contribution in [0.5, 0.6) is 0 Å². The highest BCUT2D eigenvalue weighted by atomic mass is 19.4. The van der Waals surface area contributed by atoms with Crippen LogP contribution in [-0.4, -0.2) is 37.7 Å². The number of halogens is 3. The molecular weight excluding hydrogens is 387 g/mol. The largest absolute Gasteiger partial charge is 0.452 e. The van der Waals surface area contributed by atoms with Gasteiger partial charge in [-0.1, -0.05) is 30.3 Å². The molecule has 0 bridgehead atoms. The fourth-order valence-corrected chi connectivity index (χ4v) is 3.04. The molecule has 0 radical (unpaired) electrons. The second-order valence-electron chi connectivity index (χ2n) is 6.64. The van der Waals surface area contributed by atoms with Crippen LogP contribution < -0.4 is 5.32 Å². The summed E-state index contributed by atoms with van der Waals surface area (Å²) in [6.07, 6.45) is -2.62. The molecule has 1 atom stereocenters. The Labute approximate surface area is 165 Å². The Bertz CT molecular complexity index is 859. The molecule has 0 saturated carbocycles. The number of hydrogen-bond acceptors (Lipinski definition) is 4. The molecule has 1 fully saturated rings. The molecule has 1 N–H and O–H groups in total. The Morgan fingerprint density at radius 3 is 2.48 bits per heavy atom. The van der Waals surface area contributed by atoms with Crippen molar-refractivity contribution >= 4 is 11.9 Å². The lowest BCUT2D eigenvalue weighted by molar-refractivity contribution is -0.137. The number of nitrogens with one attached hydrogen (secondary N) is 1. The van der Waals surface area contributed by atoms with Crippen molar-refractivity contribution in [2.75, 3.05) is 19.8 Å². The van der Waals surface area contributed by atoms with E-state index in [0.29, 0.717) is 24.3 Å². The summed E-state index contributed by atoms with van der Waals surface area (Å²) in [7, 11) is 0. The van der Waals surface area contributed by atoms with Crippen molar-refractivity contribution in [3.63, 3.8) is 0 Å². The van der Waals surface area contributed by atoms with Gasteiger partial charge in [0, 0.05) is 13.2 Å². The SMILES string of the molecule is O=C(COC(=O)c1ccccc1-c1ccc(C(F)(F)F)cc1)NCC1CCCO1. The highest BCUT2D eigenvalue weighted by Crippen LogP contribution is 2.32. The molecule has 1 heterocycles. The summed E-state index contributed by atoms with van der Waals surface area (Å²) in [5.41, 5.74) is 0.253. The smallest absolute Gasteiger partial charge is 0.416 e. The normalized spacial score (nSPS) is 16.4. The van der Waals surface area contributed by atoms with Gasteiger partial charge in [-0.3, -0.25) is 4.79 Å². The summed E-state index contributed by atoms with van der Waals surface area (Å²) in [5.74, 6) is -1.17. The Balaban J connectivity index is 1.63. The third-order valence-electron chi connectivity index (χ3n) is 4.56. The molecule has 154 valence electrons. The second kappa shape index (κ2) is 9.09. The minimum Gasteiger partial charge on any atom is -0.452 e. The molecule has 1 unspecified atom stereocenters. The van der Waals surface area contributed by atoms with Crippen molar-refractivity contribution < 1.29 is 32.2 Å². The average molecular weight is 407 g/mol. The van der Waals surface area contributed by atoms with Gasteiger partial charge >= 0.3 is 12.1 Å². The number of ether oxygens (including phenoxy) is 2. The molecule has 1 saturated heterocycles. The van der Waals surface area contributed by atoms with Crippen molar-refractivity contribution in [3.05, 3.63) is 59.7 Å². The van der Waals surface area contributed by atoms with Crippen molar-refractivity contribution in [1.29, 1.82) is 0 Å². The molecule has 8 heteroatoms. The number of carbonyl (C=O) groups excluding carboxylic acids is 2. The fraction of sp³-hybridized carbons (Fsp3) is 0.333. The maximum absolute atomic E-state index is 12.7. The van der Waals surface area contributed by atoms with E-state index in [-0.39, 0.29) is 11.7 Å². The number of benzene rings is 2. The quantitative estimate of drug-likeness (QED) is 0.740. The van der Waals surface area contributed by atoms with Gasteiger partial charge in [0.2, 0.25) is 0 Å². The van der Waals surface area contributed by atoms with E-state index in [1.807, 2.05) is 0 Å². The van der Waals surface area contributed by atoms with E-state index in [1.54, 1.807) is 18.2 Å². The van der Waals surface area contributed by atoms with Gasteiger partial charge < -0.3 is 14.8 Å². The Morgan fingerprint density at radius 2 is 1.83 bits per heavy atom. The van der Waals surface area contributed by atoms with Gasteiger partial charge in [0.15, 0.2) is 6.61 Å². The van der Waals surface area contributed by atoms with Crippen molar-refractivity contribution in [2.45, 2.75) is 25.1 Å². The Kier molecular flexibility index (Phi) is 6.53. The van der Waals surface area contributed by atoms with Gasteiger partial charge in [-0.2, -0.15) is 13.2 Å². The Hall–Kier alpha value is -2.87. The number of amides is 1. The zero-order chi connectivity index (χ0) is 20.9. The van der Waals surface area contributed by atoms with E-state index in [0.717, 1.165) is 25.0 Å². The second-order valence-corrected chi connectivity index (χ2v) is 6.64. The van der Waals surface area contributed by atoms with Crippen LogP contribution in [0.15, 0.2) is 48.5 Å². The first-order valence-corrected chi connectivity index (χ1v) is 9.16. The molecule has 29 heavy (non-hydrogen) atoms. The monoisotopic (exact) mass is 407 g/mol.